The van der Waals surface area contributed by atoms with Gasteiger partial charge in [0.2, 0.25) is 0 Å². The maximum absolute atomic E-state index is 13.0. The molecule has 3 aromatic rings. The standard InChI is InChI=1S/C21H21N3OS/c1-15-20(26-19(23-15)7-6-16-8-11-22-12-9-16)21(25)24-13-10-17-4-2-3-5-18(17)14-24/h2-5,8-9,11-12H,6-7,10,13-14H2,1H3. The molecule has 0 fully saturated rings. The Morgan fingerprint density at radius 3 is 2.69 bits per heavy atom. The summed E-state index contributed by atoms with van der Waals surface area (Å²) in [6.45, 7) is 3.41. The van der Waals surface area contributed by atoms with Crippen molar-refractivity contribution in [3.8, 4) is 0 Å². The first kappa shape index (κ1) is 16.9. The highest BCUT2D eigenvalue weighted by molar-refractivity contribution is 7.13. The second-order valence-electron chi connectivity index (χ2n) is 6.62. The van der Waals surface area contributed by atoms with Crippen LogP contribution in [0.15, 0.2) is 48.8 Å². The fraction of sp³-hybridized carbons (Fsp3) is 0.286. The zero-order chi connectivity index (χ0) is 17.9. The molecule has 1 amide bonds. The second kappa shape index (κ2) is 7.38. The molecule has 2 aromatic heterocycles. The van der Waals surface area contributed by atoms with E-state index in [1.165, 1.54) is 16.7 Å². The van der Waals surface area contributed by atoms with Gasteiger partial charge in [0.05, 0.1) is 10.7 Å². The fourth-order valence-corrected chi connectivity index (χ4v) is 4.40. The maximum Gasteiger partial charge on any atom is 0.266 e. The number of carbonyl (C=O) groups is 1. The van der Waals surface area contributed by atoms with Gasteiger partial charge in [-0.15, -0.1) is 11.3 Å². The van der Waals surface area contributed by atoms with Gasteiger partial charge in [-0.2, -0.15) is 0 Å². The molecule has 132 valence electrons. The quantitative estimate of drug-likeness (QED) is 0.708. The number of carbonyl (C=O) groups excluding carboxylic acids is 1. The van der Waals surface area contributed by atoms with Crippen LogP contribution in [0.1, 0.15) is 37.1 Å². The third-order valence-electron chi connectivity index (χ3n) is 4.83. The molecule has 0 saturated carbocycles. The van der Waals surface area contributed by atoms with Crippen molar-refractivity contribution in [2.24, 2.45) is 0 Å². The van der Waals surface area contributed by atoms with Crippen molar-refractivity contribution in [2.75, 3.05) is 6.54 Å². The number of thiazole rings is 1. The number of hydrogen-bond acceptors (Lipinski definition) is 4. The SMILES string of the molecule is Cc1nc(CCc2ccncc2)sc1C(=O)N1CCc2ccccc2C1. The van der Waals surface area contributed by atoms with E-state index in [4.69, 9.17) is 0 Å². The molecule has 0 radical (unpaired) electrons. The molecule has 4 nitrogen and oxygen atoms in total. The molecule has 26 heavy (non-hydrogen) atoms. The van der Waals surface area contributed by atoms with Crippen LogP contribution in [0.3, 0.4) is 0 Å². The first-order valence-corrected chi connectivity index (χ1v) is 9.73. The van der Waals surface area contributed by atoms with E-state index >= 15 is 0 Å². The van der Waals surface area contributed by atoms with E-state index < -0.39 is 0 Å². The van der Waals surface area contributed by atoms with Crippen LogP contribution in [0.4, 0.5) is 0 Å². The van der Waals surface area contributed by atoms with E-state index in [1.807, 2.05) is 42.4 Å². The van der Waals surface area contributed by atoms with Crippen LogP contribution >= 0.6 is 11.3 Å². The lowest BCUT2D eigenvalue weighted by atomic mass is 10.00. The highest BCUT2D eigenvalue weighted by Gasteiger charge is 2.25. The molecule has 1 aliphatic rings. The smallest absolute Gasteiger partial charge is 0.266 e. The zero-order valence-corrected chi connectivity index (χ0v) is 15.6. The summed E-state index contributed by atoms with van der Waals surface area (Å²) in [5.74, 6) is 0.115. The summed E-state index contributed by atoms with van der Waals surface area (Å²) >= 11 is 1.54. The van der Waals surface area contributed by atoms with Crippen molar-refractivity contribution in [2.45, 2.75) is 32.7 Å². The summed E-state index contributed by atoms with van der Waals surface area (Å²) < 4.78 is 0. The second-order valence-corrected chi connectivity index (χ2v) is 7.71. The average Bonchev–Trinajstić information content (AvgIpc) is 3.07. The van der Waals surface area contributed by atoms with Crippen LogP contribution in [-0.4, -0.2) is 27.3 Å². The summed E-state index contributed by atoms with van der Waals surface area (Å²) in [6.07, 6.45) is 6.32. The molecule has 0 unspecified atom stereocenters. The molecular formula is C21H21N3OS. The van der Waals surface area contributed by atoms with E-state index in [1.54, 1.807) is 11.3 Å². The molecule has 0 N–H and O–H groups in total. The largest absolute Gasteiger partial charge is 0.333 e. The van der Waals surface area contributed by atoms with Gasteiger partial charge in [0.1, 0.15) is 4.88 Å². The van der Waals surface area contributed by atoms with Crippen LogP contribution in [0.2, 0.25) is 0 Å². The van der Waals surface area contributed by atoms with Gasteiger partial charge in [-0.3, -0.25) is 9.78 Å². The summed E-state index contributed by atoms with van der Waals surface area (Å²) in [5, 5.41) is 1.03. The Kier molecular flexibility index (Phi) is 4.80. The highest BCUT2D eigenvalue weighted by Crippen LogP contribution is 2.25. The first-order valence-electron chi connectivity index (χ1n) is 8.92. The Bertz CT molecular complexity index is 920. The lowest BCUT2D eigenvalue weighted by Crippen LogP contribution is -2.35. The van der Waals surface area contributed by atoms with Crippen molar-refractivity contribution in [3.63, 3.8) is 0 Å². The normalized spacial score (nSPS) is 13.5. The number of nitrogens with zero attached hydrogens (tertiary/aromatic N) is 3. The van der Waals surface area contributed by atoms with Gasteiger partial charge < -0.3 is 4.90 Å². The monoisotopic (exact) mass is 363 g/mol. The van der Waals surface area contributed by atoms with Crippen molar-refractivity contribution in [1.82, 2.24) is 14.9 Å². The summed E-state index contributed by atoms with van der Waals surface area (Å²) in [6, 6.07) is 12.4. The van der Waals surface area contributed by atoms with Crippen molar-refractivity contribution in [1.29, 1.82) is 0 Å². The highest BCUT2D eigenvalue weighted by atomic mass is 32.1. The van der Waals surface area contributed by atoms with Crippen molar-refractivity contribution < 1.29 is 4.79 Å². The van der Waals surface area contributed by atoms with Crippen LogP contribution in [0, 0.1) is 6.92 Å². The minimum Gasteiger partial charge on any atom is -0.333 e. The van der Waals surface area contributed by atoms with E-state index in [2.05, 4.69) is 28.2 Å². The average molecular weight is 363 g/mol. The van der Waals surface area contributed by atoms with Crippen molar-refractivity contribution in [3.05, 3.63) is 81.1 Å². The zero-order valence-electron chi connectivity index (χ0n) is 14.8. The Balaban J connectivity index is 1.46. The number of fused-ring (bicyclic) bond motifs is 1. The third-order valence-corrected chi connectivity index (χ3v) is 6.04. The Morgan fingerprint density at radius 2 is 1.88 bits per heavy atom. The molecular weight excluding hydrogens is 342 g/mol. The van der Waals surface area contributed by atoms with E-state index in [9.17, 15) is 4.79 Å². The predicted molar refractivity (Wildman–Crippen MR) is 103 cm³/mol. The van der Waals surface area contributed by atoms with E-state index in [0.29, 0.717) is 6.54 Å². The van der Waals surface area contributed by atoms with Gasteiger partial charge >= 0.3 is 0 Å². The molecule has 4 rings (SSSR count). The Hall–Kier alpha value is -2.53. The van der Waals surface area contributed by atoms with Crippen LogP contribution in [-0.2, 0) is 25.8 Å². The number of aryl methyl sites for hydroxylation is 3. The van der Waals surface area contributed by atoms with E-state index in [0.717, 1.165) is 41.4 Å². The van der Waals surface area contributed by atoms with Gasteiger partial charge in [-0.05, 0) is 48.6 Å². The number of amides is 1. The molecule has 1 aliphatic heterocycles. The van der Waals surface area contributed by atoms with Crippen LogP contribution < -0.4 is 0 Å². The molecule has 0 atom stereocenters. The molecule has 3 heterocycles. The van der Waals surface area contributed by atoms with Gasteiger partial charge in [-0.25, -0.2) is 4.98 Å². The molecule has 0 bridgehead atoms. The summed E-state index contributed by atoms with van der Waals surface area (Å²) in [7, 11) is 0. The van der Waals surface area contributed by atoms with Crippen LogP contribution in [0.25, 0.3) is 0 Å². The van der Waals surface area contributed by atoms with Gasteiger partial charge in [-0.1, -0.05) is 24.3 Å². The fourth-order valence-electron chi connectivity index (χ4n) is 3.37. The maximum atomic E-state index is 13.0. The van der Waals surface area contributed by atoms with Gasteiger partial charge in [0.15, 0.2) is 0 Å². The van der Waals surface area contributed by atoms with Crippen molar-refractivity contribution >= 4 is 17.2 Å². The molecule has 1 aromatic carbocycles. The van der Waals surface area contributed by atoms with Crippen LogP contribution in [0.5, 0.6) is 0 Å². The molecule has 0 aliphatic carbocycles. The minimum atomic E-state index is 0.115. The lowest BCUT2D eigenvalue weighted by Gasteiger charge is -2.28. The number of benzene rings is 1. The first-order chi connectivity index (χ1) is 12.7. The summed E-state index contributed by atoms with van der Waals surface area (Å²) in [5.41, 5.74) is 4.71. The number of hydrogen-bond donors (Lipinski definition) is 0. The molecule has 0 spiro atoms. The third kappa shape index (κ3) is 3.53. The topological polar surface area (TPSA) is 46.1 Å². The Labute approximate surface area is 157 Å². The van der Waals surface area contributed by atoms with Gasteiger partial charge in [0, 0.05) is 31.9 Å². The van der Waals surface area contributed by atoms with Gasteiger partial charge in [0.25, 0.3) is 5.91 Å². The summed E-state index contributed by atoms with van der Waals surface area (Å²) in [4.78, 5) is 24.4. The number of pyridine rings is 1. The number of aromatic nitrogens is 2. The predicted octanol–water partition coefficient (Wildman–Crippen LogP) is 3.83. The van der Waals surface area contributed by atoms with E-state index in [-0.39, 0.29) is 5.91 Å². The molecule has 5 heteroatoms. The minimum absolute atomic E-state index is 0.115. The Morgan fingerprint density at radius 1 is 1.12 bits per heavy atom. The lowest BCUT2D eigenvalue weighted by molar-refractivity contribution is 0.0738. The number of rotatable bonds is 4. The molecule has 0 saturated heterocycles.